The van der Waals surface area contributed by atoms with E-state index in [1.807, 2.05) is 84.9 Å². The maximum Gasteiger partial charge on any atom is 3.00 e. The number of phenols is 2. The molecule has 0 saturated carbocycles. The molecule has 0 aliphatic heterocycles. The summed E-state index contributed by atoms with van der Waals surface area (Å²) in [6.07, 6.45) is 0. The molecule has 64 heavy (non-hydrogen) atoms. The maximum atomic E-state index is 12.0. The first-order valence-corrected chi connectivity index (χ1v) is 21.3. The average molecular weight is 919 g/mol. The summed E-state index contributed by atoms with van der Waals surface area (Å²) in [7, 11) is 1.70. The van der Waals surface area contributed by atoms with E-state index in [1.165, 1.54) is 0 Å². The van der Waals surface area contributed by atoms with E-state index in [4.69, 9.17) is 4.74 Å². The molecule has 0 fully saturated rings. The largest absolute Gasteiger partial charge is 3.00 e. The van der Waals surface area contributed by atoms with E-state index in [1.54, 1.807) is 7.11 Å². The number of rotatable bonds is 9. The van der Waals surface area contributed by atoms with Gasteiger partial charge < -0.3 is 24.1 Å². The summed E-state index contributed by atoms with van der Waals surface area (Å²) in [4.78, 5) is 2.23. The summed E-state index contributed by atoms with van der Waals surface area (Å²) in [5.74, 6) is 0.498. The number of hydrogen-bond donors (Lipinski definition) is 2. The van der Waals surface area contributed by atoms with E-state index in [9.17, 15) is 10.2 Å². The molecular formula is C57H53N3O3Zr+. The van der Waals surface area contributed by atoms with Gasteiger partial charge in [0.15, 0.2) is 0 Å². The minimum atomic E-state index is 0. The average Bonchev–Trinajstić information content (AvgIpc) is 3.82. The maximum absolute atomic E-state index is 12.0. The SMILES string of the molecule is COCCN(Cc1cc(C)cc(-n2c3ccccc3c3ccccc32)c1O)Cc1cc(C)cc(-n2c3ccccc3c3ccccc32)c1O.[CH2-]c1ccccc1.[CH2-]c1ccccc1.[Zr+3]. The van der Waals surface area contributed by atoms with Gasteiger partial charge in [0.05, 0.1) is 40.0 Å². The van der Waals surface area contributed by atoms with Gasteiger partial charge in [-0.3, -0.25) is 4.90 Å². The van der Waals surface area contributed by atoms with Crippen molar-refractivity contribution in [3.8, 4) is 22.9 Å². The minimum Gasteiger partial charge on any atom is -0.505 e. The number of para-hydroxylation sites is 4. The first-order valence-electron chi connectivity index (χ1n) is 21.3. The zero-order valence-corrected chi connectivity index (χ0v) is 39.2. The van der Waals surface area contributed by atoms with Crippen LogP contribution >= 0.6 is 0 Å². The number of phenolic OH excluding ortho intramolecular Hbond substituents is 2. The van der Waals surface area contributed by atoms with Crippen LogP contribution in [-0.4, -0.2) is 44.5 Å². The number of hydrogen-bond acceptors (Lipinski definition) is 4. The molecule has 0 unspecified atom stereocenters. The van der Waals surface area contributed by atoms with Crippen LogP contribution in [-0.2, 0) is 44.0 Å². The van der Waals surface area contributed by atoms with Crippen LogP contribution in [0.1, 0.15) is 33.4 Å². The quantitative estimate of drug-likeness (QED) is 0.142. The zero-order valence-electron chi connectivity index (χ0n) is 36.7. The van der Waals surface area contributed by atoms with Crippen molar-refractivity contribution in [1.29, 1.82) is 0 Å². The van der Waals surface area contributed by atoms with Crippen LogP contribution in [0.5, 0.6) is 11.5 Å². The van der Waals surface area contributed by atoms with Crippen molar-refractivity contribution in [3.63, 3.8) is 0 Å². The molecule has 317 valence electrons. The van der Waals surface area contributed by atoms with Crippen molar-refractivity contribution < 1.29 is 41.2 Å². The fraction of sp³-hybridized carbons (Fsp3) is 0.123. The summed E-state index contributed by atoms with van der Waals surface area (Å²) < 4.78 is 9.87. The smallest absolute Gasteiger partial charge is 0.505 e. The molecule has 6 nitrogen and oxygen atoms in total. The van der Waals surface area contributed by atoms with Crippen molar-refractivity contribution in [1.82, 2.24) is 14.0 Å². The molecule has 0 aliphatic rings. The number of nitrogens with zero attached hydrogens (tertiary/aromatic N) is 3. The Hall–Kier alpha value is -6.50. The molecule has 10 aromatic rings. The van der Waals surface area contributed by atoms with Gasteiger partial charge in [0.25, 0.3) is 0 Å². The molecule has 7 heteroatoms. The van der Waals surface area contributed by atoms with Gasteiger partial charge in [-0.2, -0.15) is 49.2 Å². The topological polar surface area (TPSA) is 62.8 Å². The Morgan fingerprint density at radius 2 is 0.781 bits per heavy atom. The molecule has 0 bridgehead atoms. The summed E-state index contributed by atoms with van der Waals surface area (Å²) in [6, 6.07) is 61.4. The number of aromatic nitrogens is 2. The first-order chi connectivity index (χ1) is 30.7. The predicted octanol–water partition coefficient (Wildman–Crippen LogP) is 13.3. The number of aromatic hydroxyl groups is 2. The van der Waals surface area contributed by atoms with Gasteiger partial charge in [-0.15, -0.1) is 24.3 Å². The minimum absolute atomic E-state index is 0. The summed E-state index contributed by atoms with van der Waals surface area (Å²) >= 11 is 0. The second kappa shape index (κ2) is 20.8. The molecule has 8 aromatic carbocycles. The zero-order chi connectivity index (χ0) is 43.9. The number of fused-ring (bicyclic) bond motifs is 6. The van der Waals surface area contributed by atoms with Crippen molar-refractivity contribution in [2.75, 3.05) is 20.3 Å². The second-order valence-corrected chi connectivity index (χ2v) is 16.0. The van der Waals surface area contributed by atoms with Gasteiger partial charge in [0.1, 0.15) is 11.5 Å². The van der Waals surface area contributed by atoms with Gasteiger partial charge in [-0.25, -0.2) is 0 Å². The Morgan fingerprint density at radius 1 is 0.469 bits per heavy atom. The van der Waals surface area contributed by atoms with Crippen LogP contribution in [0.3, 0.4) is 0 Å². The number of aryl methyl sites for hydroxylation is 2. The third kappa shape index (κ3) is 9.83. The second-order valence-electron chi connectivity index (χ2n) is 16.0. The predicted molar refractivity (Wildman–Crippen MR) is 262 cm³/mol. The van der Waals surface area contributed by atoms with Gasteiger partial charge in [0.2, 0.25) is 0 Å². The Bertz CT molecular complexity index is 2820. The Balaban J connectivity index is 0.000000348. The van der Waals surface area contributed by atoms with Crippen LogP contribution in [0.2, 0.25) is 0 Å². The van der Waals surface area contributed by atoms with E-state index in [2.05, 4.69) is 139 Å². The number of benzene rings is 8. The first kappa shape index (κ1) is 45.5. The third-order valence-corrected chi connectivity index (χ3v) is 11.4. The summed E-state index contributed by atoms with van der Waals surface area (Å²) in [5, 5.41) is 28.6. The van der Waals surface area contributed by atoms with Crippen LogP contribution in [0.25, 0.3) is 55.0 Å². The molecule has 2 heterocycles. The Morgan fingerprint density at radius 3 is 1.08 bits per heavy atom. The van der Waals surface area contributed by atoms with E-state index in [0.717, 1.165) is 88.4 Å². The van der Waals surface area contributed by atoms with Crippen LogP contribution < -0.4 is 0 Å². The van der Waals surface area contributed by atoms with Crippen LogP contribution in [0, 0.1) is 27.7 Å². The van der Waals surface area contributed by atoms with E-state index >= 15 is 0 Å². The molecule has 2 N–H and O–H groups in total. The fourth-order valence-electron chi connectivity index (χ4n) is 8.49. The fourth-order valence-corrected chi connectivity index (χ4v) is 8.49. The molecule has 0 spiro atoms. The van der Waals surface area contributed by atoms with E-state index in [-0.39, 0.29) is 37.7 Å². The molecule has 0 atom stereocenters. The van der Waals surface area contributed by atoms with Crippen molar-refractivity contribution in [2.45, 2.75) is 26.9 Å². The van der Waals surface area contributed by atoms with Gasteiger partial charge in [0, 0.05) is 59.4 Å². The van der Waals surface area contributed by atoms with E-state index < -0.39 is 0 Å². The molecule has 1 radical (unpaired) electrons. The molecule has 0 amide bonds. The summed E-state index contributed by atoms with van der Waals surface area (Å²) in [6.45, 7) is 13.7. The van der Waals surface area contributed by atoms with Crippen molar-refractivity contribution in [3.05, 3.63) is 229 Å². The van der Waals surface area contributed by atoms with Gasteiger partial charge >= 0.3 is 26.2 Å². The van der Waals surface area contributed by atoms with E-state index in [0.29, 0.717) is 26.2 Å². The van der Waals surface area contributed by atoms with Crippen LogP contribution in [0.15, 0.2) is 182 Å². The van der Waals surface area contributed by atoms with Crippen LogP contribution in [0.4, 0.5) is 0 Å². The molecule has 10 rings (SSSR count). The molecular weight excluding hydrogens is 866 g/mol. The summed E-state index contributed by atoms with van der Waals surface area (Å²) in [5.41, 5.74) is 11.6. The monoisotopic (exact) mass is 917 g/mol. The van der Waals surface area contributed by atoms with Crippen molar-refractivity contribution in [2.24, 2.45) is 0 Å². The Kier molecular flexibility index (Phi) is 14.8. The molecule has 0 saturated heterocycles. The normalized spacial score (nSPS) is 11.0. The van der Waals surface area contributed by atoms with Gasteiger partial charge in [-0.05, 0) is 61.4 Å². The number of ether oxygens (including phenoxy) is 1. The molecule has 0 aliphatic carbocycles. The molecule has 2 aromatic heterocycles. The van der Waals surface area contributed by atoms with Crippen molar-refractivity contribution >= 4 is 43.6 Å². The number of methoxy groups -OCH3 is 1. The third-order valence-electron chi connectivity index (χ3n) is 11.4. The standard InChI is InChI=1S/C43H39N3O3.2C7H7.Zr/c1-28-22-30(42(47)40(24-28)45-36-16-8-4-12-32(36)33-13-5-9-17-37(33)45)26-44(20-21-49-3)27-31-23-29(2)25-41(43(31)48)46-38-18-10-6-14-34(38)35-15-7-11-19-39(35)46;2*1-7-5-3-2-4-6-7;/h4-19,22-25,47-48H,20-21,26-27H2,1-3H3;2*2-6H,1H2;/q;2*-1;+3. The Labute approximate surface area is 395 Å². The van der Waals surface area contributed by atoms with Gasteiger partial charge in [-0.1, -0.05) is 97.1 Å².